The van der Waals surface area contributed by atoms with Crippen molar-refractivity contribution in [2.24, 2.45) is 0 Å². The van der Waals surface area contributed by atoms with E-state index in [-0.39, 0.29) is 9.45 Å². The van der Waals surface area contributed by atoms with E-state index in [0.29, 0.717) is 5.75 Å². The molecule has 1 aromatic carbocycles. The zero-order valence-electron chi connectivity index (χ0n) is 6.28. The van der Waals surface area contributed by atoms with Crippen molar-refractivity contribution in [3.8, 4) is 5.75 Å². The molecule has 1 N–H and O–H groups in total. The Morgan fingerprint density at radius 2 is 2.09 bits per heavy atom. The fraction of sp³-hybridized carbons (Fsp3) is 0.250. The van der Waals surface area contributed by atoms with Gasteiger partial charge < -0.3 is 5.11 Å². The monoisotopic (exact) mass is 186 g/mol. The molecule has 1 nitrogen and oxygen atoms in total. The molecular weight excluding hydrogens is 176 g/mol. The lowest BCUT2D eigenvalue weighted by Gasteiger charge is -2.03. The third-order valence-electron chi connectivity index (χ3n) is 1.37. The van der Waals surface area contributed by atoms with Crippen molar-refractivity contribution in [2.75, 3.05) is 5.75 Å². The molecule has 0 aliphatic heterocycles. The molecule has 1 aromatic rings. The molecule has 0 saturated heterocycles. The van der Waals surface area contributed by atoms with Crippen LogP contribution in [0.2, 0.25) is 0 Å². The molecule has 0 aliphatic carbocycles. The van der Waals surface area contributed by atoms with Crippen LogP contribution in [-0.4, -0.2) is 10.9 Å². The Labute approximate surface area is 73.7 Å². The van der Waals surface area contributed by atoms with E-state index >= 15 is 0 Å². The Hall–Kier alpha value is -0.410. The van der Waals surface area contributed by atoms with E-state index in [1.54, 1.807) is 12.1 Å². The van der Waals surface area contributed by atoms with Crippen LogP contribution in [0.5, 0.6) is 5.75 Å². The van der Waals surface area contributed by atoms with Crippen molar-refractivity contribution >= 4 is 20.6 Å². The molecule has 0 aromatic heterocycles. The van der Waals surface area contributed by atoms with Crippen LogP contribution in [0.1, 0.15) is 6.92 Å². The first-order valence-corrected chi connectivity index (χ1v) is 5.74. The number of hydrogen-bond donors (Lipinski definition) is 1. The number of aromatic hydroxyl groups is 1. The molecule has 0 heterocycles. The molecule has 0 bridgehead atoms. The second-order valence-electron chi connectivity index (χ2n) is 2.10. The molecule has 1 unspecified atom stereocenters. The summed E-state index contributed by atoms with van der Waals surface area (Å²) in [4.78, 5) is 0.894. The highest BCUT2D eigenvalue weighted by Crippen LogP contribution is 2.19. The molecule has 1 rings (SSSR count). The standard InChI is InChI=1S/C8H10OS2/c1-2-11(10)8-6-4-3-5-7(8)9/h3-6,9H,2H2,1H3. The van der Waals surface area contributed by atoms with Gasteiger partial charge in [0.25, 0.3) is 0 Å². The Kier molecular flexibility index (Phi) is 3.02. The third-order valence-corrected chi connectivity index (χ3v) is 3.98. The fourth-order valence-electron chi connectivity index (χ4n) is 0.805. The predicted molar refractivity (Wildman–Crippen MR) is 51.6 cm³/mol. The summed E-state index contributed by atoms with van der Waals surface area (Å²) in [6, 6.07) is 7.27. The largest absolute Gasteiger partial charge is 0.507 e. The number of hydrogen-bond acceptors (Lipinski definition) is 2. The van der Waals surface area contributed by atoms with Crippen molar-refractivity contribution in [1.82, 2.24) is 0 Å². The molecule has 0 fully saturated rings. The zero-order valence-corrected chi connectivity index (χ0v) is 7.91. The second-order valence-corrected chi connectivity index (χ2v) is 5.02. The van der Waals surface area contributed by atoms with Gasteiger partial charge >= 0.3 is 0 Å². The van der Waals surface area contributed by atoms with Gasteiger partial charge in [0.15, 0.2) is 0 Å². The minimum atomic E-state index is -0.219. The van der Waals surface area contributed by atoms with Crippen molar-refractivity contribution < 1.29 is 5.11 Å². The van der Waals surface area contributed by atoms with Gasteiger partial charge in [-0.05, 0) is 29.1 Å². The summed E-state index contributed by atoms with van der Waals surface area (Å²) >= 11 is 5.16. The zero-order chi connectivity index (χ0) is 8.27. The molecule has 3 heteroatoms. The summed E-state index contributed by atoms with van der Waals surface area (Å²) in [6.45, 7) is 2.03. The van der Waals surface area contributed by atoms with Gasteiger partial charge in [-0.3, -0.25) is 0 Å². The highest BCUT2D eigenvalue weighted by atomic mass is 32.8. The predicted octanol–water partition coefficient (Wildman–Crippen LogP) is 1.85. The number of benzene rings is 1. The van der Waals surface area contributed by atoms with Gasteiger partial charge in [-0.25, -0.2) is 0 Å². The lowest BCUT2D eigenvalue weighted by molar-refractivity contribution is 0.462. The lowest BCUT2D eigenvalue weighted by atomic mass is 10.3. The summed E-state index contributed by atoms with van der Waals surface area (Å²) in [5.41, 5.74) is 0. The third kappa shape index (κ3) is 2.01. The van der Waals surface area contributed by atoms with Crippen molar-refractivity contribution in [2.45, 2.75) is 11.8 Å². The highest BCUT2D eigenvalue weighted by Gasteiger charge is 2.00. The second kappa shape index (κ2) is 3.83. The number of rotatable bonds is 2. The molecule has 0 spiro atoms. The van der Waals surface area contributed by atoms with Crippen LogP contribution < -0.4 is 0 Å². The first kappa shape index (κ1) is 8.68. The van der Waals surface area contributed by atoms with Crippen LogP contribution in [0.15, 0.2) is 29.2 Å². The Bertz CT molecular complexity index is 271. The van der Waals surface area contributed by atoms with E-state index in [1.165, 1.54) is 0 Å². The molecule has 1 atom stereocenters. The average molecular weight is 186 g/mol. The number of para-hydroxylation sites is 1. The van der Waals surface area contributed by atoms with E-state index in [0.717, 1.165) is 10.6 Å². The van der Waals surface area contributed by atoms with Crippen molar-refractivity contribution in [3.63, 3.8) is 0 Å². The Morgan fingerprint density at radius 3 is 2.64 bits per heavy atom. The summed E-state index contributed by atoms with van der Waals surface area (Å²) in [5, 5.41) is 9.35. The first-order valence-electron chi connectivity index (χ1n) is 3.42. The average Bonchev–Trinajstić information content (AvgIpc) is 2.04. The van der Waals surface area contributed by atoms with Crippen LogP contribution in [0.4, 0.5) is 0 Å². The highest BCUT2D eigenvalue weighted by molar-refractivity contribution is 8.28. The summed E-state index contributed by atoms with van der Waals surface area (Å²) in [7, 11) is -0.219. The maximum Gasteiger partial charge on any atom is 0.129 e. The topological polar surface area (TPSA) is 20.2 Å². The van der Waals surface area contributed by atoms with E-state index < -0.39 is 0 Å². The van der Waals surface area contributed by atoms with Gasteiger partial charge in [-0.15, -0.1) is 0 Å². The maximum atomic E-state index is 9.35. The normalized spacial score (nSPS) is 12.8. The van der Waals surface area contributed by atoms with Crippen LogP contribution in [0.25, 0.3) is 0 Å². The smallest absolute Gasteiger partial charge is 0.129 e. The van der Waals surface area contributed by atoms with Crippen molar-refractivity contribution in [3.05, 3.63) is 24.3 Å². The van der Waals surface area contributed by atoms with Gasteiger partial charge in [0.1, 0.15) is 5.75 Å². The van der Waals surface area contributed by atoms with Crippen LogP contribution in [-0.2, 0) is 20.6 Å². The minimum Gasteiger partial charge on any atom is -0.507 e. The van der Waals surface area contributed by atoms with Gasteiger partial charge in [-0.2, -0.15) is 0 Å². The molecule has 0 saturated carbocycles. The van der Waals surface area contributed by atoms with E-state index in [4.69, 9.17) is 11.2 Å². The Morgan fingerprint density at radius 1 is 1.45 bits per heavy atom. The van der Waals surface area contributed by atoms with Gasteiger partial charge in [0, 0.05) is 0 Å². The van der Waals surface area contributed by atoms with E-state index in [1.807, 2.05) is 19.1 Å². The van der Waals surface area contributed by atoms with Gasteiger partial charge in [-0.1, -0.05) is 28.5 Å². The SMILES string of the molecule is CCS(=S)c1ccccc1O. The van der Waals surface area contributed by atoms with Crippen molar-refractivity contribution in [1.29, 1.82) is 0 Å². The summed E-state index contributed by atoms with van der Waals surface area (Å²) < 4.78 is 0. The van der Waals surface area contributed by atoms with Crippen LogP contribution in [0, 0.1) is 0 Å². The molecule has 0 radical (unpaired) electrons. The number of phenolic OH excluding ortho intramolecular Hbond substituents is 1. The minimum absolute atomic E-state index is 0.219. The quantitative estimate of drug-likeness (QED) is 0.760. The summed E-state index contributed by atoms with van der Waals surface area (Å²) in [6.07, 6.45) is 0. The van der Waals surface area contributed by atoms with E-state index in [2.05, 4.69) is 0 Å². The van der Waals surface area contributed by atoms with Crippen LogP contribution >= 0.6 is 0 Å². The van der Waals surface area contributed by atoms with Gasteiger partial charge in [0.2, 0.25) is 0 Å². The van der Waals surface area contributed by atoms with E-state index in [9.17, 15) is 5.11 Å². The Balaban J connectivity index is 3.03. The molecule has 11 heavy (non-hydrogen) atoms. The molecule has 0 amide bonds. The van der Waals surface area contributed by atoms with Gasteiger partial charge in [0.05, 0.1) is 4.90 Å². The molecule has 0 aliphatic rings. The maximum absolute atomic E-state index is 9.35. The number of phenols is 1. The van der Waals surface area contributed by atoms with Crippen LogP contribution in [0.3, 0.4) is 0 Å². The molecular formula is C8H10OS2. The first-order chi connectivity index (χ1) is 5.25. The fourth-order valence-corrected chi connectivity index (χ4v) is 2.07. The molecule has 60 valence electrons. The lowest BCUT2D eigenvalue weighted by Crippen LogP contribution is -1.91. The summed E-state index contributed by atoms with van der Waals surface area (Å²) in [5.74, 6) is 1.24.